The number of ether oxygens (including phenoxy) is 1. The quantitative estimate of drug-likeness (QED) is 0.917. The van der Waals surface area contributed by atoms with Gasteiger partial charge in [-0.2, -0.15) is 0 Å². The Bertz CT molecular complexity index is 584. The maximum atomic E-state index is 11.9. The van der Waals surface area contributed by atoms with E-state index in [1.54, 1.807) is 25.2 Å². The van der Waals surface area contributed by atoms with Gasteiger partial charge in [0.1, 0.15) is 12.4 Å². The molecule has 4 nitrogen and oxygen atoms in total. The molecule has 2 rings (SSSR count). The molecule has 0 bridgehead atoms. The molecule has 0 aliphatic rings. The van der Waals surface area contributed by atoms with Crippen molar-refractivity contribution in [2.75, 3.05) is 13.6 Å². The predicted molar refractivity (Wildman–Crippen MR) is 81.1 cm³/mol. The van der Waals surface area contributed by atoms with Crippen LogP contribution < -0.4 is 0 Å². The van der Waals surface area contributed by atoms with Gasteiger partial charge in [-0.05, 0) is 29.7 Å². The van der Waals surface area contributed by atoms with E-state index < -0.39 is 0 Å². The monoisotopic (exact) mass is 285 g/mol. The minimum absolute atomic E-state index is 0.238. The third-order valence-corrected chi connectivity index (χ3v) is 3.16. The second-order valence-corrected chi connectivity index (χ2v) is 4.88. The number of rotatable bonds is 5. The zero-order valence-electron chi connectivity index (χ0n) is 12.0. The third kappa shape index (κ3) is 4.84. The fraction of sp³-hybridized carbons (Fsp3) is 0.235. The molecule has 2 aromatic carbocycles. The molecule has 0 saturated carbocycles. The van der Waals surface area contributed by atoms with E-state index in [0.717, 1.165) is 11.1 Å². The lowest BCUT2D eigenvalue weighted by atomic mass is 10.1. The molecule has 0 unspecified atom stereocenters. The third-order valence-electron chi connectivity index (χ3n) is 3.16. The topological polar surface area (TPSA) is 49.8 Å². The zero-order chi connectivity index (χ0) is 15.1. The van der Waals surface area contributed by atoms with Gasteiger partial charge < -0.3 is 14.7 Å². The molecule has 0 aliphatic heterocycles. The van der Waals surface area contributed by atoms with Crippen LogP contribution in [-0.2, 0) is 17.8 Å². The molecule has 1 amide bonds. The Balaban J connectivity index is 1.77. The van der Waals surface area contributed by atoms with E-state index in [4.69, 9.17) is 4.74 Å². The summed E-state index contributed by atoms with van der Waals surface area (Å²) in [7, 11) is 1.70. The smallest absolute Gasteiger partial charge is 0.409 e. The lowest BCUT2D eigenvalue weighted by Gasteiger charge is -2.17. The highest BCUT2D eigenvalue weighted by atomic mass is 16.6. The predicted octanol–water partition coefficient (Wildman–Crippen LogP) is 3.20. The normalized spacial score (nSPS) is 10.1. The molecule has 0 atom stereocenters. The molecule has 4 heteroatoms. The van der Waals surface area contributed by atoms with E-state index in [1.807, 2.05) is 36.4 Å². The average Bonchev–Trinajstić information content (AvgIpc) is 2.51. The number of hydrogen-bond acceptors (Lipinski definition) is 3. The van der Waals surface area contributed by atoms with Crippen LogP contribution in [0, 0.1) is 0 Å². The molecular formula is C17H19NO3. The van der Waals surface area contributed by atoms with Crippen molar-refractivity contribution >= 4 is 6.09 Å². The summed E-state index contributed by atoms with van der Waals surface area (Å²) in [5, 5.41) is 9.39. The average molecular weight is 285 g/mol. The second-order valence-electron chi connectivity index (χ2n) is 4.88. The molecule has 0 fully saturated rings. The molecule has 0 aromatic heterocycles. The summed E-state index contributed by atoms with van der Waals surface area (Å²) in [6.45, 7) is 0.813. The van der Waals surface area contributed by atoms with Crippen molar-refractivity contribution in [3.63, 3.8) is 0 Å². The minimum atomic E-state index is -0.348. The number of carbonyl (C=O) groups excluding carboxylic acids is 1. The van der Waals surface area contributed by atoms with E-state index in [0.29, 0.717) is 13.0 Å². The number of aromatic hydroxyl groups is 1. The summed E-state index contributed by atoms with van der Waals surface area (Å²) >= 11 is 0. The highest BCUT2D eigenvalue weighted by molar-refractivity contribution is 5.67. The van der Waals surface area contributed by atoms with Gasteiger partial charge in [-0.25, -0.2) is 4.79 Å². The van der Waals surface area contributed by atoms with Crippen LogP contribution in [-0.4, -0.2) is 29.7 Å². The van der Waals surface area contributed by atoms with Crippen molar-refractivity contribution in [2.24, 2.45) is 0 Å². The van der Waals surface area contributed by atoms with E-state index in [1.165, 1.54) is 4.90 Å². The van der Waals surface area contributed by atoms with Crippen LogP contribution in [0.2, 0.25) is 0 Å². The number of likely N-dealkylation sites (N-methyl/N-ethyl adjacent to an activating group) is 1. The van der Waals surface area contributed by atoms with Gasteiger partial charge in [0.25, 0.3) is 0 Å². The SMILES string of the molecule is CN(CCc1cccc(O)c1)C(=O)OCc1ccccc1. The van der Waals surface area contributed by atoms with Crippen LogP contribution in [0.1, 0.15) is 11.1 Å². The van der Waals surface area contributed by atoms with Gasteiger partial charge in [0.05, 0.1) is 0 Å². The maximum absolute atomic E-state index is 11.9. The van der Waals surface area contributed by atoms with Crippen molar-refractivity contribution in [1.29, 1.82) is 0 Å². The van der Waals surface area contributed by atoms with Crippen molar-refractivity contribution in [3.05, 3.63) is 65.7 Å². The van der Waals surface area contributed by atoms with Crippen LogP contribution in [0.5, 0.6) is 5.75 Å². The molecule has 1 N–H and O–H groups in total. The Morgan fingerprint density at radius 3 is 2.52 bits per heavy atom. The van der Waals surface area contributed by atoms with Crippen molar-refractivity contribution in [2.45, 2.75) is 13.0 Å². The number of benzene rings is 2. The van der Waals surface area contributed by atoms with Crippen LogP contribution in [0.3, 0.4) is 0 Å². The van der Waals surface area contributed by atoms with E-state index in [-0.39, 0.29) is 18.4 Å². The summed E-state index contributed by atoms with van der Waals surface area (Å²) < 4.78 is 5.24. The zero-order valence-corrected chi connectivity index (χ0v) is 12.0. The van der Waals surface area contributed by atoms with E-state index in [9.17, 15) is 9.90 Å². The van der Waals surface area contributed by atoms with Gasteiger partial charge in [0.15, 0.2) is 0 Å². The summed E-state index contributed by atoms with van der Waals surface area (Å²) in [6, 6.07) is 16.6. The highest BCUT2D eigenvalue weighted by Gasteiger charge is 2.10. The van der Waals surface area contributed by atoms with Gasteiger partial charge in [0, 0.05) is 13.6 Å². The number of phenols is 1. The highest BCUT2D eigenvalue weighted by Crippen LogP contribution is 2.11. The first kappa shape index (κ1) is 14.9. The van der Waals surface area contributed by atoms with Crippen molar-refractivity contribution in [1.82, 2.24) is 4.90 Å². The van der Waals surface area contributed by atoms with Gasteiger partial charge in [0.2, 0.25) is 0 Å². The molecule has 0 saturated heterocycles. The summed E-state index contributed by atoms with van der Waals surface area (Å²) in [5.41, 5.74) is 1.95. The maximum Gasteiger partial charge on any atom is 0.409 e. The van der Waals surface area contributed by atoms with Gasteiger partial charge >= 0.3 is 6.09 Å². The van der Waals surface area contributed by atoms with Crippen LogP contribution in [0.25, 0.3) is 0 Å². The molecule has 110 valence electrons. The molecular weight excluding hydrogens is 266 g/mol. The molecule has 2 aromatic rings. The first-order valence-corrected chi connectivity index (χ1v) is 6.85. The fourth-order valence-electron chi connectivity index (χ4n) is 1.93. The van der Waals surface area contributed by atoms with Crippen molar-refractivity contribution in [3.8, 4) is 5.75 Å². The van der Waals surface area contributed by atoms with Crippen LogP contribution >= 0.6 is 0 Å². The Kier molecular flexibility index (Phi) is 5.21. The Morgan fingerprint density at radius 1 is 1.10 bits per heavy atom. The fourth-order valence-corrected chi connectivity index (χ4v) is 1.93. The number of nitrogens with zero attached hydrogens (tertiary/aromatic N) is 1. The van der Waals surface area contributed by atoms with Gasteiger partial charge in [-0.3, -0.25) is 0 Å². The largest absolute Gasteiger partial charge is 0.508 e. The summed E-state index contributed by atoms with van der Waals surface area (Å²) in [5.74, 6) is 0.238. The lowest BCUT2D eigenvalue weighted by Crippen LogP contribution is -2.29. The van der Waals surface area contributed by atoms with Crippen molar-refractivity contribution < 1.29 is 14.6 Å². The standard InChI is InChI=1S/C17H19NO3/c1-18(11-10-14-8-5-9-16(19)12-14)17(20)21-13-15-6-3-2-4-7-15/h2-9,12,19H,10-11,13H2,1H3. The first-order chi connectivity index (χ1) is 10.1. The van der Waals surface area contributed by atoms with Gasteiger partial charge in [-0.1, -0.05) is 42.5 Å². The Hall–Kier alpha value is -2.49. The molecule has 0 aliphatic carbocycles. The number of carbonyl (C=O) groups is 1. The van der Waals surface area contributed by atoms with Gasteiger partial charge in [-0.15, -0.1) is 0 Å². The van der Waals surface area contributed by atoms with E-state index in [2.05, 4.69) is 0 Å². The van der Waals surface area contributed by atoms with E-state index >= 15 is 0 Å². The summed E-state index contributed by atoms with van der Waals surface area (Å²) in [6.07, 6.45) is 0.324. The first-order valence-electron chi connectivity index (χ1n) is 6.85. The number of hydrogen-bond donors (Lipinski definition) is 1. The number of phenolic OH excluding ortho intramolecular Hbond substituents is 1. The molecule has 21 heavy (non-hydrogen) atoms. The number of amides is 1. The molecule has 0 heterocycles. The minimum Gasteiger partial charge on any atom is -0.508 e. The van der Waals surface area contributed by atoms with Crippen LogP contribution in [0.4, 0.5) is 4.79 Å². The second kappa shape index (κ2) is 7.33. The molecule has 0 spiro atoms. The Labute approximate surface area is 124 Å². The lowest BCUT2D eigenvalue weighted by molar-refractivity contribution is 0.105. The Morgan fingerprint density at radius 2 is 1.81 bits per heavy atom. The molecule has 0 radical (unpaired) electrons. The van der Waals surface area contributed by atoms with Crippen LogP contribution in [0.15, 0.2) is 54.6 Å². The summed E-state index contributed by atoms with van der Waals surface area (Å²) in [4.78, 5) is 13.4.